The van der Waals surface area contributed by atoms with Crippen molar-refractivity contribution in [3.63, 3.8) is 0 Å². The van der Waals surface area contributed by atoms with E-state index in [0.29, 0.717) is 52.4 Å². The average Bonchev–Trinajstić information content (AvgIpc) is 3.45. The Morgan fingerprint density at radius 1 is 1.10 bits per heavy atom. The first kappa shape index (κ1) is 21.5. The van der Waals surface area contributed by atoms with E-state index in [-0.39, 0.29) is 17.9 Å². The Morgan fingerprint density at radius 2 is 1.72 bits per heavy atom. The largest absolute Gasteiger partial charge is 0.334 e. The van der Waals surface area contributed by atoms with Crippen LogP contribution in [0.1, 0.15) is 24.6 Å². The molecule has 1 aromatic heterocycles. The fourth-order valence-electron chi connectivity index (χ4n) is 3.90. The van der Waals surface area contributed by atoms with Crippen molar-refractivity contribution < 1.29 is 14.4 Å². The number of nitrogens with zero attached hydrogens (tertiary/aromatic N) is 4. The summed E-state index contributed by atoms with van der Waals surface area (Å²) in [5, 5.41) is 2.01. The summed E-state index contributed by atoms with van der Waals surface area (Å²) in [6.07, 6.45) is 3.69. The summed E-state index contributed by atoms with van der Waals surface area (Å²) in [4.78, 5) is 46.2. The lowest BCUT2D eigenvalue weighted by Crippen LogP contribution is -2.57. The third-order valence-corrected chi connectivity index (χ3v) is 6.53. The second-order valence-corrected chi connectivity index (χ2v) is 8.62. The van der Waals surface area contributed by atoms with Gasteiger partial charge in [0.25, 0.3) is 0 Å². The first-order chi connectivity index (χ1) is 14.0. The van der Waals surface area contributed by atoms with Crippen molar-refractivity contribution in [2.24, 2.45) is 0 Å². The first-order valence-electron chi connectivity index (χ1n) is 10.3. The molecule has 1 unspecified atom stereocenters. The van der Waals surface area contributed by atoms with Crippen LogP contribution in [0.15, 0.2) is 30.2 Å². The predicted octanol–water partition coefficient (Wildman–Crippen LogP) is 1.42. The van der Waals surface area contributed by atoms with E-state index in [2.05, 4.69) is 11.5 Å². The van der Waals surface area contributed by atoms with Crippen LogP contribution in [0.25, 0.3) is 0 Å². The Morgan fingerprint density at radius 3 is 2.28 bits per heavy atom. The van der Waals surface area contributed by atoms with Crippen molar-refractivity contribution in [3.05, 3.63) is 35.0 Å². The zero-order chi connectivity index (χ0) is 20.8. The van der Waals surface area contributed by atoms with Gasteiger partial charge in [0.1, 0.15) is 0 Å². The number of carbonyl (C=O) groups is 3. The lowest BCUT2D eigenvalue weighted by molar-refractivity contribution is -0.152. The second kappa shape index (κ2) is 10.0. The highest BCUT2D eigenvalue weighted by molar-refractivity contribution is 7.09. The Balaban J connectivity index is 1.53. The van der Waals surface area contributed by atoms with Crippen LogP contribution in [0.3, 0.4) is 0 Å². The fourth-order valence-corrected chi connectivity index (χ4v) is 4.62. The molecule has 2 aliphatic rings. The summed E-state index contributed by atoms with van der Waals surface area (Å²) in [6, 6.07) is 3.74. The van der Waals surface area contributed by atoms with Gasteiger partial charge in [0.2, 0.25) is 5.91 Å². The summed E-state index contributed by atoms with van der Waals surface area (Å²) in [5.74, 6) is -0.726. The summed E-state index contributed by atoms with van der Waals surface area (Å²) < 4.78 is 0. The molecule has 8 heteroatoms. The van der Waals surface area contributed by atoms with Crippen LogP contribution in [-0.4, -0.2) is 89.2 Å². The molecular weight excluding hydrogens is 388 g/mol. The van der Waals surface area contributed by atoms with Crippen molar-refractivity contribution in [1.82, 2.24) is 19.6 Å². The number of carbonyl (C=O) groups excluding carboxylic acids is 3. The van der Waals surface area contributed by atoms with E-state index in [0.717, 1.165) is 17.7 Å². The molecule has 2 aliphatic heterocycles. The van der Waals surface area contributed by atoms with E-state index in [1.165, 1.54) is 0 Å². The van der Waals surface area contributed by atoms with Gasteiger partial charge >= 0.3 is 11.8 Å². The molecule has 0 aliphatic carbocycles. The van der Waals surface area contributed by atoms with E-state index in [1.807, 2.05) is 29.3 Å². The van der Waals surface area contributed by atoms with E-state index in [4.69, 9.17) is 0 Å². The summed E-state index contributed by atoms with van der Waals surface area (Å²) in [6.45, 7) is 10.3. The van der Waals surface area contributed by atoms with Crippen molar-refractivity contribution in [2.75, 3.05) is 45.8 Å². The molecule has 0 spiro atoms. The molecule has 3 heterocycles. The van der Waals surface area contributed by atoms with Gasteiger partial charge in [0.15, 0.2) is 0 Å². The van der Waals surface area contributed by atoms with Crippen molar-refractivity contribution in [3.8, 4) is 0 Å². The molecule has 3 amide bonds. The van der Waals surface area contributed by atoms with Crippen LogP contribution < -0.4 is 0 Å². The van der Waals surface area contributed by atoms with Gasteiger partial charge in [-0.2, -0.15) is 0 Å². The quantitative estimate of drug-likeness (QED) is 0.518. The molecule has 29 heavy (non-hydrogen) atoms. The number of piperazine rings is 1. The minimum absolute atomic E-state index is 0.0613. The first-order valence-corrected chi connectivity index (χ1v) is 11.1. The van der Waals surface area contributed by atoms with Gasteiger partial charge in [-0.15, -0.1) is 17.9 Å². The zero-order valence-electron chi connectivity index (χ0n) is 17.1. The van der Waals surface area contributed by atoms with Crippen LogP contribution >= 0.6 is 11.3 Å². The Kier molecular flexibility index (Phi) is 7.44. The van der Waals surface area contributed by atoms with Gasteiger partial charge in [-0.1, -0.05) is 12.1 Å². The molecular formula is C21H30N4O3S. The minimum atomic E-state index is -0.406. The second-order valence-electron chi connectivity index (χ2n) is 7.59. The monoisotopic (exact) mass is 418 g/mol. The Labute approximate surface area is 176 Å². The van der Waals surface area contributed by atoms with E-state index in [9.17, 15) is 14.4 Å². The highest BCUT2D eigenvalue weighted by atomic mass is 32.1. The lowest BCUT2D eigenvalue weighted by Gasteiger charge is -2.38. The van der Waals surface area contributed by atoms with Gasteiger partial charge < -0.3 is 14.7 Å². The van der Waals surface area contributed by atoms with Crippen LogP contribution in [0.5, 0.6) is 0 Å². The SMILES string of the molecule is C=CCN(Cc1cccs1)C(=O)C(C)N1CCN(C(=O)C(=O)N2CCCC2)CC1. The summed E-state index contributed by atoms with van der Waals surface area (Å²) >= 11 is 1.64. The van der Waals surface area contributed by atoms with Gasteiger partial charge in [-0.25, -0.2) is 0 Å². The van der Waals surface area contributed by atoms with Crippen molar-refractivity contribution in [1.29, 1.82) is 0 Å². The van der Waals surface area contributed by atoms with Gasteiger partial charge in [0.05, 0.1) is 12.6 Å². The molecule has 2 fully saturated rings. The van der Waals surface area contributed by atoms with Gasteiger partial charge in [-0.3, -0.25) is 19.3 Å². The molecule has 1 aromatic rings. The standard InChI is InChI=1S/C21H30N4O3S/c1-3-8-25(16-18-7-6-15-29-18)19(26)17(2)22-11-13-24(14-12-22)21(28)20(27)23-9-4-5-10-23/h3,6-7,15,17H,1,4-5,8-14,16H2,2H3. The third kappa shape index (κ3) is 5.25. The van der Waals surface area contributed by atoms with Crippen molar-refractivity contribution >= 4 is 29.1 Å². The molecule has 0 N–H and O–H groups in total. The Hall–Kier alpha value is -2.19. The van der Waals surface area contributed by atoms with Crippen LogP contribution in [-0.2, 0) is 20.9 Å². The van der Waals surface area contributed by atoms with Gasteiger partial charge in [0, 0.05) is 50.7 Å². The number of likely N-dealkylation sites (tertiary alicyclic amines) is 1. The zero-order valence-corrected chi connectivity index (χ0v) is 17.9. The summed E-state index contributed by atoms with van der Waals surface area (Å²) in [7, 11) is 0. The fraction of sp³-hybridized carbons (Fsp3) is 0.571. The van der Waals surface area contributed by atoms with E-state index in [1.54, 1.807) is 27.2 Å². The topological polar surface area (TPSA) is 64.2 Å². The molecule has 0 radical (unpaired) electrons. The summed E-state index contributed by atoms with van der Waals surface area (Å²) in [5.41, 5.74) is 0. The predicted molar refractivity (Wildman–Crippen MR) is 113 cm³/mol. The van der Waals surface area contributed by atoms with E-state index >= 15 is 0 Å². The van der Waals surface area contributed by atoms with Gasteiger partial charge in [-0.05, 0) is 31.2 Å². The minimum Gasteiger partial charge on any atom is -0.334 e. The molecule has 1 atom stereocenters. The maximum atomic E-state index is 13.1. The molecule has 2 saturated heterocycles. The number of hydrogen-bond acceptors (Lipinski definition) is 5. The average molecular weight is 419 g/mol. The molecule has 3 rings (SSSR count). The van der Waals surface area contributed by atoms with Crippen molar-refractivity contribution in [2.45, 2.75) is 32.4 Å². The molecule has 7 nitrogen and oxygen atoms in total. The Bertz CT molecular complexity index is 722. The molecule has 0 aromatic carbocycles. The van der Waals surface area contributed by atoms with Crippen LogP contribution in [0.4, 0.5) is 0 Å². The lowest BCUT2D eigenvalue weighted by atomic mass is 10.2. The maximum Gasteiger partial charge on any atom is 0.312 e. The number of thiophene rings is 1. The number of hydrogen-bond donors (Lipinski definition) is 0. The normalized spacial score (nSPS) is 18.5. The third-order valence-electron chi connectivity index (χ3n) is 5.67. The molecule has 0 saturated carbocycles. The molecule has 158 valence electrons. The molecule has 0 bridgehead atoms. The smallest absolute Gasteiger partial charge is 0.312 e. The highest BCUT2D eigenvalue weighted by Crippen LogP contribution is 2.16. The van der Waals surface area contributed by atoms with Crippen LogP contribution in [0, 0.1) is 0 Å². The number of amides is 3. The maximum absolute atomic E-state index is 13.1. The van der Waals surface area contributed by atoms with E-state index < -0.39 is 5.91 Å². The van der Waals surface area contributed by atoms with Crippen LogP contribution in [0.2, 0.25) is 0 Å². The number of rotatable bonds is 6. The highest BCUT2D eigenvalue weighted by Gasteiger charge is 2.33.